The number of aliphatic hydroxyl groups excluding tert-OH is 1. The number of furan rings is 1. The number of aryl methyl sites for hydroxylation is 1. The molecule has 0 aliphatic rings. The topological polar surface area (TPSA) is 87.4 Å². The first-order valence-electron chi connectivity index (χ1n) is 6.29. The van der Waals surface area contributed by atoms with Crippen molar-refractivity contribution in [2.45, 2.75) is 19.4 Å². The SMILES string of the molecule is Cc1cnc(CCNC(=O)NCC(O)c2ccco2)s1. The third-order valence-corrected chi connectivity index (χ3v) is 3.59. The fourth-order valence-corrected chi connectivity index (χ4v) is 2.42. The Balaban J connectivity index is 1.63. The quantitative estimate of drug-likeness (QED) is 0.755. The molecular weight excluding hydrogens is 278 g/mol. The van der Waals surface area contributed by atoms with Crippen molar-refractivity contribution in [2.75, 3.05) is 13.1 Å². The number of hydrogen-bond donors (Lipinski definition) is 3. The molecule has 1 atom stereocenters. The summed E-state index contributed by atoms with van der Waals surface area (Å²) in [6, 6.07) is 3.04. The van der Waals surface area contributed by atoms with E-state index in [9.17, 15) is 9.90 Å². The lowest BCUT2D eigenvalue weighted by atomic mass is 10.3. The van der Waals surface area contributed by atoms with Gasteiger partial charge in [0.2, 0.25) is 0 Å². The Bertz CT molecular complexity index is 539. The molecule has 3 N–H and O–H groups in total. The van der Waals surface area contributed by atoms with Crippen LogP contribution in [-0.2, 0) is 6.42 Å². The zero-order valence-corrected chi connectivity index (χ0v) is 11.9. The van der Waals surface area contributed by atoms with Crippen LogP contribution in [0.25, 0.3) is 0 Å². The van der Waals surface area contributed by atoms with E-state index in [4.69, 9.17) is 4.42 Å². The summed E-state index contributed by atoms with van der Waals surface area (Å²) in [5.74, 6) is 0.434. The highest BCUT2D eigenvalue weighted by Crippen LogP contribution is 2.12. The minimum Gasteiger partial charge on any atom is -0.467 e. The fraction of sp³-hybridized carbons (Fsp3) is 0.385. The number of nitrogens with zero attached hydrogens (tertiary/aromatic N) is 1. The second-order valence-corrected chi connectivity index (χ2v) is 5.60. The summed E-state index contributed by atoms with van der Waals surface area (Å²) in [4.78, 5) is 16.9. The van der Waals surface area contributed by atoms with E-state index in [-0.39, 0.29) is 12.6 Å². The number of nitrogens with one attached hydrogen (secondary N) is 2. The molecule has 2 aromatic heterocycles. The summed E-state index contributed by atoms with van der Waals surface area (Å²) in [5.41, 5.74) is 0. The fourth-order valence-electron chi connectivity index (χ4n) is 1.63. The smallest absolute Gasteiger partial charge is 0.314 e. The van der Waals surface area contributed by atoms with E-state index in [1.54, 1.807) is 23.5 Å². The summed E-state index contributed by atoms with van der Waals surface area (Å²) in [6.45, 7) is 2.61. The average Bonchev–Trinajstić information content (AvgIpc) is 3.07. The highest BCUT2D eigenvalue weighted by Gasteiger charge is 2.11. The molecular formula is C13H17N3O3S. The van der Waals surface area contributed by atoms with E-state index in [1.807, 2.05) is 13.1 Å². The van der Waals surface area contributed by atoms with Crippen molar-refractivity contribution in [1.82, 2.24) is 15.6 Å². The van der Waals surface area contributed by atoms with Gasteiger partial charge in [-0.2, -0.15) is 0 Å². The van der Waals surface area contributed by atoms with E-state index in [0.29, 0.717) is 18.7 Å². The van der Waals surface area contributed by atoms with Crippen LogP contribution in [0.4, 0.5) is 4.79 Å². The number of amides is 2. The number of rotatable bonds is 6. The molecule has 6 nitrogen and oxygen atoms in total. The van der Waals surface area contributed by atoms with E-state index in [0.717, 1.165) is 9.88 Å². The molecule has 0 saturated heterocycles. The van der Waals surface area contributed by atoms with Gasteiger partial charge < -0.3 is 20.2 Å². The van der Waals surface area contributed by atoms with Gasteiger partial charge in [-0.25, -0.2) is 9.78 Å². The minimum atomic E-state index is -0.836. The predicted molar refractivity (Wildman–Crippen MR) is 75.6 cm³/mol. The molecule has 2 rings (SSSR count). The average molecular weight is 295 g/mol. The van der Waals surface area contributed by atoms with E-state index in [1.165, 1.54) is 6.26 Å². The van der Waals surface area contributed by atoms with Crippen LogP contribution in [-0.4, -0.2) is 29.2 Å². The number of urea groups is 1. The van der Waals surface area contributed by atoms with Gasteiger partial charge in [0.1, 0.15) is 11.9 Å². The van der Waals surface area contributed by atoms with Gasteiger partial charge in [0, 0.05) is 24.0 Å². The minimum absolute atomic E-state index is 0.107. The molecule has 1 unspecified atom stereocenters. The van der Waals surface area contributed by atoms with Crippen LogP contribution in [0.15, 0.2) is 29.0 Å². The Hall–Kier alpha value is -1.86. The van der Waals surface area contributed by atoms with Gasteiger partial charge in [-0.1, -0.05) is 0 Å². The first-order valence-corrected chi connectivity index (χ1v) is 7.11. The number of carbonyl (C=O) groups is 1. The highest BCUT2D eigenvalue weighted by atomic mass is 32.1. The van der Waals surface area contributed by atoms with Gasteiger partial charge in [-0.3, -0.25) is 0 Å². The molecule has 0 radical (unpaired) electrons. The predicted octanol–water partition coefficient (Wildman–Crippen LogP) is 1.62. The molecule has 0 spiro atoms. The first-order chi connectivity index (χ1) is 9.65. The van der Waals surface area contributed by atoms with E-state index in [2.05, 4.69) is 15.6 Å². The summed E-state index contributed by atoms with van der Waals surface area (Å²) in [7, 11) is 0. The standard InChI is InChI=1S/C13H17N3O3S/c1-9-7-15-12(20-9)4-5-14-13(18)16-8-10(17)11-3-2-6-19-11/h2-3,6-7,10,17H,4-5,8H2,1H3,(H2,14,16,18). The lowest BCUT2D eigenvalue weighted by molar-refractivity contribution is 0.148. The molecule has 0 bridgehead atoms. The molecule has 0 saturated carbocycles. The van der Waals surface area contributed by atoms with Crippen LogP contribution in [0.1, 0.15) is 21.7 Å². The monoisotopic (exact) mass is 295 g/mol. The van der Waals surface area contributed by atoms with Crippen molar-refractivity contribution in [3.63, 3.8) is 0 Å². The molecule has 0 fully saturated rings. The third-order valence-electron chi connectivity index (χ3n) is 2.62. The zero-order chi connectivity index (χ0) is 14.4. The van der Waals surface area contributed by atoms with E-state index < -0.39 is 6.10 Å². The van der Waals surface area contributed by atoms with Crippen LogP contribution < -0.4 is 10.6 Å². The van der Waals surface area contributed by atoms with Crippen LogP contribution in [0.2, 0.25) is 0 Å². The van der Waals surface area contributed by atoms with Crippen molar-refractivity contribution < 1.29 is 14.3 Å². The summed E-state index contributed by atoms with van der Waals surface area (Å²) >= 11 is 1.62. The van der Waals surface area contributed by atoms with Crippen LogP contribution >= 0.6 is 11.3 Å². The second kappa shape index (κ2) is 7.06. The Kier molecular flexibility index (Phi) is 5.14. The van der Waals surface area contributed by atoms with Gasteiger partial charge in [0.25, 0.3) is 0 Å². The van der Waals surface area contributed by atoms with Crippen LogP contribution in [0.5, 0.6) is 0 Å². The molecule has 108 valence electrons. The lowest BCUT2D eigenvalue weighted by Crippen LogP contribution is -2.38. The Labute approximate surface area is 120 Å². The Morgan fingerprint density at radius 1 is 1.55 bits per heavy atom. The number of carbonyl (C=O) groups excluding carboxylic acids is 1. The van der Waals surface area contributed by atoms with Gasteiger partial charge in [0.05, 0.1) is 17.8 Å². The molecule has 7 heteroatoms. The molecule has 2 heterocycles. The maximum atomic E-state index is 11.5. The maximum Gasteiger partial charge on any atom is 0.314 e. The Morgan fingerprint density at radius 3 is 3.05 bits per heavy atom. The van der Waals surface area contributed by atoms with Gasteiger partial charge in [-0.15, -0.1) is 11.3 Å². The van der Waals surface area contributed by atoms with Crippen molar-refractivity contribution in [3.05, 3.63) is 40.2 Å². The summed E-state index contributed by atoms with van der Waals surface area (Å²) in [5, 5.41) is 16.0. The number of aromatic nitrogens is 1. The highest BCUT2D eigenvalue weighted by molar-refractivity contribution is 7.11. The molecule has 0 aliphatic carbocycles. The number of hydrogen-bond acceptors (Lipinski definition) is 5. The van der Waals surface area contributed by atoms with Crippen LogP contribution in [0, 0.1) is 6.92 Å². The van der Waals surface area contributed by atoms with Crippen molar-refractivity contribution in [1.29, 1.82) is 0 Å². The Morgan fingerprint density at radius 2 is 2.40 bits per heavy atom. The molecule has 0 aliphatic heterocycles. The first kappa shape index (κ1) is 14.5. The number of aliphatic hydroxyl groups is 1. The largest absolute Gasteiger partial charge is 0.467 e. The van der Waals surface area contributed by atoms with Gasteiger partial charge in [0.15, 0.2) is 0 Å². The molecule has 0 aromatic carbocycles. The summed E-state index contributed by atoms with van der Waals surface area (Å²) < 4.78 is 5.04. The third kappa shape index (κ3) is 4.36. The van der Waals surface area contributed by atoms with E-state index >= 15 is 0 Å². The molecule has 2 amide bonds. The van der Waals surface area contributed by atoms with Crippen molar-refractivity contribution in [3.8, 4) is 0 Å². The van der Waals surface area contributed by atoms with Crippen LogP contribution in [0.3, 0.4) is 0 Å². The van der Waals surface area contributed by atoms with Gasteiger partial charge in [-0.05, 0) is 19.1 Å². The van der Waals surface area contributed by atoms with Crippen molar-refractivity contribution >= 4 is 17.4 Å². The van der Waals surface area contributed by atoms with Gasteiger partial charge >= 0.3 is 6.03 Å². The zero-order valence-electron chi connectivity index (χ0n) is 11.1. The molecule has 2 aromatic rings. The van der Waals surface area contributed by atoms with Crippen molar-refractivity contribution in [2.24, 2.45) is 0 Å². The summed E-state index contributed by atoms with van der Waals surface area (Å²) in [6.07, 6.45) is 3.17. The number of thiazole rings is 1. The molecule has 20 heavy (non-hydrogen) atoms. The maximum absolute atomic E-state index is 11.5. The lowest BCUT2D eigenvalue weighted by Gasteiger charge is -2.10. The normalized spacial score (nSPS) is 12.1. The second-order valence-electron chi connectivity index (χ2n) is 4.28.